The van der Waals surface area contributed by atoms with Crippen molar-refractivity contribution in [2.45, 2.75) is 6.42 Å². The number of morpholine rings is 1. The van der Waals surface area contributed by atoms with E-state index in [9.17, 15) is 4.79 Å². The Kier molecular flexibility index (Phi) is 4.52. The fraction of sp³-hybridized carbons (Fsp3) is 0.368. The van der Waals surface area contributed by atoms with Crippen LogP contribution < -0.4 is 15.0 Å². The van der Waals surface area contributed by atoms with E-state index < -0.39 is 0 Å². The standard InChI is InChI=1S/C19H21N3O3/c23-19(15-11-14-3-1-2-4-17(14)25-13-15)21-18-6-5-16(12-20-18)22-7-9-24-10-8-22/h1-6,12,15H,7-11,13H2,(H,20,21,23)/t15-/m0/s1. The van der Waals surface area contributed by atoms with E-state index in [2.05, 4.69) is 15.2 Å². The first-order chi connectivity index (χ1) is 12.3. The Balaban J connectivity index is 1.38. The van der Waals surface area contributed by atoms with Crippen LogP contribution >= 0.6 is 0 Å². The smallest absolute Gasteiger partial charge is 0.232 e. The largest absolute Gasteiger partial charge is 0.492 e. The molecule has 25 heavy (non-hydrogen) atoms. The van der Waals surface area contributed by atoms with Crippen molar-refractivity contribution in [1.29, 1.82) is 0 Å². The van der Waals surface area contributed by atoms with Gasteiger partial charge in [-0.1, -0.05) is 18.2 Å². The Morgan fingerprint density at radius 2 is 2.00 bits per heavy atom. The molecule has 0 spiro atoms. The number of nitrogens with one attached hydrogen (secondary N) is 1. The average Bonchev–Trinajstić information content (AvgIpc) is 2.69. The number of carbonyl (C=O) groups is 1. The van der Waals surface area contributed by atoms with Gasteiger partial charge in [0.15, 0.2) is 0 Å². The van der Waals surface area contributed by atoms with Crippen molar-refractivity contribution < 1.29 is 14.3 Å². The highest BCUT2D eigenvalue weighted by Gasteiger charge is 2.26. The molecular formula is C19H21N3O3. The van der Waals surface area contributed by atoms with Crippen molar-refractivity contribution in [3.05, 3.63) is 48.2 Å². The molecule has 1 aromatic carbocycles. The number of hydrogen-bond donors (Lipinski definition) is 1. The van der Waals surface area contributed by atoms with Crippen LogP contribution in [0.5, 0.6) is 5.75 Å². The second-order valence-electron chi connectivity index (χ2n) is 6.31. The van der Waals surface area contributed by atoms with Crippen molar-refractivity contribution in [3.8, 4) is 5.75 Å². The number of para-hydroxylation sites is 1. The monoisotopic (exact) mass is 339 g/mol. The van der Waals surface area contributed by atoms with Gasteiger partial charge < -0.3 is 19.7 Å². The number of anilines is 2. The summed E-state index contributed by atoms with van der Waals surface area (Å²) in [6.07, 6.45) is 2.49. The number of carbonyl (C=O) groups excluding carboxylic acids is 1. The lowest BCUT2D eigenvalue weighted by Crippen LogP contribution is -2.36. The van der Waals surface area contributed by atoms with Gasteiger partial charge in [0, 0.05) is 13.1 Å². The van der Waals surface area contributed by atoms with Gasteiger partial charge in [0.05, 0.1) is 31.0 Å². The third kappa shape index (κ3) is 3.58. The number of amides is 1. The minimum Gasteiger partial charge on any atom is -0.492 e. The summed E-state index contributed by atoms with van der Waals surface area (Å²) in [5.41, 5.74) is 2.13. The zero-order valence-electron chi connectivity index (χ0n) is 14.0. The van der Waals surface area contributed by atoms with E-state index in [1.54, 1.807) is 6.20 Å². The Bertz CT molecular complexity index is 742. The second kappa shape index (κ2) is 7.11. The summed E-state index contributed by atoms with van der Waals surface area (Å²) in [6, 6.07) is 11.7. The first-order valence-corrected chi connectivity index (χ1v) is 8.60. The molecule has 1 N–H and O–H groups in total. The lowest BCUT2D eigenvalue weighted by Gasteiger charge is -2.28. The van der Waals surface area contributed by atoms with E-state index in [0.717, 1.165) is 43.3 Å². The highest BCUT2D eigenvalue weighted by atomic mass is 16.5. The molecule has 2 aliphatic heterocycles. The van der Waals surface area contributed by atoms with Gasteiger partial charge in [-0.2, -0.15) is 0 Å². The van der Waals surface area contributed by atoms with Gasteiger partial charge >= 0.3 is 0 Å². The van der Waals surface area contributed by atoms with E-state index >= 15 is 0 Å². The van der Waals surface area contributed by atoms with Crippen molar-refractivity contribution in [3.63, 3.8) is 0 Å². The molecule has 6 nitrogen and oxygen atoms in total. The Labute approximate surface area is 146 Å². The molecule has 130 valence electrons. The van der Waals surface area contributed by atoms with Gasteiger partial charge in [0.1, 0.15) is 18.2 Å². The van der Waals surface area contributed by atoms with Crippen LogP contribution in [-0.2, 0) is 16.0 Å². The maximum absolute atomic E-state index is 12.5. The maximum Gasteiger partial charge on any atom is 0.232 e. The van der Waals surface area contributed by atoms with Crippen LogP contribution in [0.4, 0.5) is 11.5 Å². The number of pyridine rings is 1. The number of rotatable bonds is 3. The highest BCUT2D eigenvalue weighted by Crippen LogP contribution is 2.27. The summed E-state index contributed by atoms with van der Waals surface area (Å²) in [7, 11) is 0. The predicted molar refractivity (Wildman–Crippen MR) is 95.0 cm³/mol. The Morgan fingerprint density at radius 1 is 1.16 bits per heavy atom. The summed E-state index contributed by atoms with van der Waals surface area (Å²) in [5.74, 6) is 1.19. The van der Waals surface area contributed by atoms with Crippen LogP contribution in [0.2, 0.25) is 0 Å². The lowest BCUT2D eigenvalue weighted by atomic mass is 9.96. The minimum atomic E-state index is -0.199. The van der Waals surface area contributed by atoms with Crippen molar-refractivity contribution in [2.75, 3.05) is 43.1 Å². The summed E-state index contributed by atoms with van der Waals surface area (Å²) in [4.78, 5) is 19.1. The molecule has 2 aliphatic rings. The topological polar surface area (TPSA) is 63.7 Å². The van der Waals surface area contributed by atoms with Gasteiger partial charge in [-0.05, 0) is 30.2 Å². The number of nitrogens with zero attached hydrogens (tertiary/aromatic N) is 2. The van der Waals surface area contributed by atoms with Crippen LogP contribution in [0.25, 0.3) is 0 Å². The molecule has 1 atom stereocenters. The molecule has 0 bridgehead atoms. The molecule has 0 saturated carbocycles. The van der Waals surface area contributed by atoms with Gasteiger partial charge in [0.2, 0.25) is 5.91 Å². The van der Waals surface area contributed by atoms with Crippen molar-refractivity contribution in [2.24, 2.45) is 5.92 Å². The summed E-state index contributed by atoms with van der Waals surface area (Å²) in [5, 5.41) is 2.90. The minimum absolute atomic E-state index is 0.0545. The molecule has 6 heteroatoms. The van der Waals surface area contributed by atoms with E-state index in [-0.39, 0.29) is 11.8 Å². The molecular weight excluding hydrogens is 318 g/mol. The van der Waals surface area contributed by atoms with Crippen molar-refractivity contribution >= 4 is 17.4 Å². The maximum atomic E-state index is 12.5. The molecule has 1 saturated heterocycles. The SMILES string of the molecule is O=C(Nc1ccc(N2CCOCC2)cn1)[C@@H]1COc2ccccc2C1. The first-order valence-electron chi connectivity index (χ1n) is 8.60. The van der Waals surface area contributed by atoms with Gasteiger partial charge in [-0.15, -0.1) is 0 Å². The summed E-state index contributed by atoms with van der Waals surface area (Å²) >= 11 is 0. The normalized spacial score (nSPS) is 19.7. The second-order valence-corrected chi connectivity index (χ2v) is 6.31. The van der Waals surface area contributed by atoms with Gasteiger partial charge in [0.25, 0.3) is 0 Å². The predicted octanol–water partition coefficient (Wildman–Crippen LogP) is 2.11. The number of aromatic nitrogens is 1. The van der Waals surface area contributed by atoms with E-state index in [0.29, 0.717) is 18.8 Å². The third-order valence-electron chi connectivity index (χ3n) is 4.63. The molecule has 0 unspecified atom stereocenters. The summed E-state index contributed by atoms with van der Waals surface area (Å²) in [6.45, 7) is 3.61. The number of ether oxygens (including phenoxy) is 2. The van der Waals surface area contributed by atoms with E-state index in [1.807, 2.05) is 36.4 Å². The fourth-order valence-electron chi connectivity index (χ4n) is 3.19. The van der Waals surface area contributed by atoms with Gasteiger partial charge in [-0.25, -0.2) is 4.98 Å². The fourth-order valence-corrected chi connectivity index (χ4v) is 3.19. The molecule has 0 aliphatic carbocycles. The zero-order chi connectivity index (χ0) is 17.1. The van der Waals surface area contributed by atoms with Crippen LogP contribution in [0.15, 0.2) is 42.6 Å². The van der Waals surface area contributed by atoms with Crippen LogP contribution in [0.1, 0.15) is 5.56 Å². The van der Waals surface area contributed by atoms with Crippen LogP contribution in [-0.4, -0.2) is 43.8 Å². The van der Waals surface area contributed by atoms with Crippen molar-refractivity contribution in [1.82, 2.24) is 4.98 Å². The van der Waals surface area contributed by atoms with E-state index in [1.165, 1.54) is 0 Å². The Morgan fingerprint density at radius 3 is 2.80 bits per heavy atom. The average molecular weight is 339 g/mol. The van der Waals surface area contributed by atoms with E-state index in [4.69, 9.17) is 9.47 Å². The Hall–Kier alpha value is -2.60. The number of hydrogen-bond acceptors (Lipinski definition) is 5. The lowest BCUT2D eigenvalue weighted by molar-refractivity contribution is -0.121. The molecule has 1 amide bonds. The van der Waals surface area contributed by atoms with Crippen LogP contribution in [0.3, 0.4) is 0 Å². The van der Waals surface area contributed by atoms with Crippen LogP contribution in [0, 0.1) is 5.92 Å². The molecule has 4 rings (SSSR count). The molecule has 2 aromatic rings. The van der Waals surface area contributed by atoms with Gasteiger partial charge in [-0.3, -0.25) is 4.79 Å². The number of fused-ring (bicyclic) bond motifs is 1. The molecule has 3 heterocycles. The molecule has 1 fully saturated rings. The third-order valence-corrected chi connectivity index (χ3v) is 4.63. The highest BCUT2D eigenvalue weighted by molar-refractivity contribution is 5.92. The first kappa shape index (κ1) is 15.9. The molecule has 0 radical (unpaired) electrons. The zero-order valence-corrected chi connectivity index (χ0v) is 14.0. The molecule has 1 aromatic heterocycles. The number of benzene rings is 1. The quantitative estimate of drug-likeness (QED) is 0.928. The summed E-state index contributed by atoms with van der Waals surface area (Å²) < 4.78 is 11.1.